The van der Waals surface area contributed by atoms with Crippen molar-refractivity contribution >= 4 is 0 Å². The number of methoxy groups -OCH3 is 1. The molecular weight excluding hydrogens is 202 g/mol. The molecule has 4 nitrogen and oxygen atoms in total. The van der Waals surface area contributed by atoms with Crippen LogP contribution in [0, 0.1) is 0 Å². The van der Waals surface area contributed by atoms with Gasteiger partial charge < -0.3 is 10.1 Å². The number of rotatable bonds is 3. The van der Waals surface area contributed by atoms with Gasteiger partial charge in [0.15, 0.2) is 0 Å². The molecule has 1 aliphatic rings. The van der Waals surface area contributed by atoms with Crippen molar-refractivity contribution in [2.45, 2.75) is 13.0 Å². The maximum atomic E-state index is 5.15. The molecule has 0 aliphatic carbocycles. The summed E-state index contributed by atoms with van der Waals surface area (Å²) in [5, 5.41) is 3.36. The Bertz CT molecular complexity index is 337. The van der Waals surface area contributed by atoms with Crippen LogP contribution in [0.3, 0.4) is 0 Å². The highest BCUT2D eigenvalue weighted by Crippen LogP contribution is 2.20. The van der Waals surface area contributed by atoms with Crippen LogP contribution in [-0.2, 0) is 0 Å². The molecule has 1 saturated heterocycles. The van der Waals surface area contributed by atoms with Crippen LogP contribution >= 0.6 is 0 Å². The lowest BCUT2D eigenvalue weighted by Gasteiger charge is -2.32. The minimum Gasteiger partial charge on any atom is -0.481 e. The summed E-state index contributed by atoms with van der Waals surface area (Å²) in [4.78, 5) is 6.92. The molecule has 16 heavy (non-hydrogen) atoms. The predicted molar refractivity (Wildman–Crippen MR) is 63.6 cm³/mol. The Balaban J connectivity index is 2.09. The van der Waals surface area contributed by atoms with E-state index in [4.69, 9.17) is 4.74 Å². The van der Waals surface area contributed by atoms with Gasteiger partial charge in [-0.1, -0.05) is 6.07 Å². The van der Waals surface area contributed by atoms with E-state index in [0.717, 1.165) is 31.9 Å². The molecule has 2 heterocycles. The number of aromatic nitrogens is 1. The first kappa shape index (κ1) is 11.4. The van der Waals surface area contributed by atoms with Crippen LogP contribution in [0.2, 0.25) is 0 Å². The first-order valence-corrected chi connectivity index (χ1v) is 5.77. The minimum absolute atomic E-state index is 0.359. The largest absolute Gasteiger partial charge is 0.481 e. The molecule has 1 atom stereocenters. The van der Waals surface area contributed by atoms with E-state index in [-0.39, 0.29) is 0 Å². The van der Waals surface area contributed by atoms with Crippen molar-refractivity contribution in [3.63, 3.8) is 0 Å². The summed E-state index contributed by atoms with van der Waals surface area (Å²) < 4.78 is 5.15. The van der Waals surface area contributed by atoms with Crippen LogP contribution in [0.5, 0.6) is 5.88 Å². The van der Waals surface area contributed by atoms with Gasteiger partial charge in [0.1, 0.15) is 0 Å². The third kappa shape index (κ3) is 2.51. The van der Waals surface area contributed by atoms with E-state index in [0.29, 0.717) is 11.9 Å². The van der Waals surface area contributed by atoms with Crippen molar-refractivity contribution in [2.75, 3.05) is 33.3 Å². The van der Waals surface area contributed by atoms with Crippen LogP contribution in [0.1, 0.15) is 18.7 Å². The van der Waals surface area contributed by atoms with E-state index in [1.807, 2.05) is 12.1 Å². The molecule has 0 amide bonds. The highest BCUT2D eigenvalue weighted by Gasteiger charge is 2.18. The van der Waals surface area contributed by atoms with Crippen molar-refractivity contribution in [1.29, 1.82) is 0 Å². The van der Waals surface area contributed by atoms with Gasteiger partial charge in [-0.05, 0) is 13.0 Å². The van der Waals surface area contributed by atoms with E-state index >= 15 is 0 Å². The van der Waals surface area contributed by atoms with Gasteiger partial charge >= 0.3 is 0 Å². The fraction of sp³-hybridized carbons (Fsp3) is 0.583. The Morgan fingerprint density at radius 1 is 1.38 bits per heavy atom. The zero-order valence-electron chi connectivity index (χ0n) is 9.94. The van der Waals surface area contributed by atoms with Gasteiger partial charge in [-0.15, -0.1) is 0 Å². The standard InChI is InChI=1S/C12H19N3O/c1-10(15-8-6-13-7-9-15)11-4-3-5-12(14-11)16-2/h3-5,10,13H,6-9H2,1-2H3. The lowest BCUT2D eigenvalue weighted by atomic mass is 10.1. The molecular formula is C12H19N3O. The lowest BCUT2D eigenvalue weighted by molar-refractivity contribution is 0.182. The monoisotopic (exact) mass is 221 g/mol. The molecule has 0 saturated carbocycles. The number of ether oxygens (including phenoxy) is 1. The number of nitrogens with zero attached hydrogens (tertiary/aromatic N) is 2. The molecule has 1 aromatic rings. The molecule has 4 heteroatoms. The first-order chi connectivity index (χ1) is 7.81. The highest BCUT2D eigenvalue weighted by atomic mass is 16.5. The predicted octanol–water partition coefficient (Wildman–Crippen LogP) is 1.06. The molecule has 1 aliphatic heterocycles. The summed E-state index contributed by atoms with van der Waals surface area (Å²) in [5.41, 5.74) is 1.08. The van der Waals surface area contributed by atoms with Crippen LogP contribution in [0.25, 0.3) is 0 Å². The van der Waals surface area contributed by atoms with Gasteiger partial charge in [0.05, 0.1) is 12.8 Å². The fourth-order valence-electron chi connectivity index (χ4n) is 2.03. The Hall–Kier alpha value is -1.13. The molecule has 1 aromatic heterocycles. The summed E-state index contributed by atoms with van der Waals surface area (Å²) in [7, 11) is 1.65. The molecule has 88 valence electrons. The molecule has 0 radical (unpaired) electrons. The lowest BCUT2D eigenvalue weighted by Crippen LogP contribution is -2.44. The van der Waals surface area contributed by atoms with E-state index in [1.165, 1.54) is 0 Å². The zero-order chi connectivity index (χ0) is 11.4. The van der Waals surface area contributed by atoms with Crippen LogP contribution in [0.4, 0.5) is 0 Å². The average Bonchev–Trinajstić information content (AvgIpc) is 2.39. The second kappa shape index (κ2) is 5.27. The Morgan fingerprint density at radius 3 is 2.81 bits per heavy atom. The SMILES string of the molecule is COc1cccc(C(C)N2CCNCC2)n1. The minimum atomic E-state index is 0.359. The molecule has 0 spiro atoms. The van der Waals surface area contributed by atoms with E-state index < -0.39 is 0 Å². The third-order valence-corrected chi connectivity index (χ3v) is 3.08. The average molecular weight is 221 g/mol. The smallest absolute Gasteiger partial charge is 0.213 e. The van der Waals surface area contributed by atoms with Gasteiger partial charge in [0, 0.05) is 38.3 Å². The van der Waals surface area contributed by atoms with E-state index in [2.05, 4.69) is 28.2 Å². The maximum Gasteiger partial charge on any atom is 0.213 e. The summed E-state index contributed by atoms with van der Waals surface area (Å²) in [6.07, 6.45) is 0. The first-order valence-electron chi connectivity index (χ1n) is 5.77. The summed E-state index contributed by atoms with van der Waals surface area (Å²) >= 11 is 0. The van der Waals surface area contributed by atoms with Gasteiger partial charge in [-0.2, -0.15) is 0 Å². The quantitative estimate of drug-likeness (QED) is 0.828. The van der Waals surface area contributed by atoms with Crippen LogP contribution in [-0.4, -0.2) is 43.2 Å². The second-order valence-electron chi connectivity index (χ2n) is 4.07. The fourth-order valence-corrected chi connectivity index (χ4v) is 2.03. The van der Waals surface area contributed by atoms with Crippen LogP contribution in [0.15, 0.2) is 18.2 Å². The van der Waals surface area contributed by atoms with Gasteiger partial charge in [0.25, 0.3) is 0 Å². The summed E-state index contributed by atoms with van der Waals surface area (Å²) in [5.74, 6) is 0.694. The van der Waals surface area contributed by atoms with E-state index in [1.54, 1.807) is 7.11 Å². The number of piperazine rings is 1. The van der Waals surface area contributed by atoms with Crippen molar-refractivity contribution in [3.05, 3.63) is 23.9 Å². The number of pyridine rings is 1. The van der Waals surface area contributed by atoms with Gasteiger partial charge in [-0.3, -0.25) is 4.90 Å². The molecule has 0 bridgehead atoms. The summed E-state index contributed by atoms with van der Waals surface area (Å²) in [6, 6.07) is 6.31. The normalized spacial score (nSPS) is 19.4. The number of hydrogen-bond acceptors (Lipinski definition) is 4. The molecule has 1 unspecified atom stereocenters. The maximum absolute atomic E-state index is 5.15. The van der Waals surface area contributed by atoms with Crippen LogP contribution < -0.4 is 10.1 Å². The Kier molecular flexibility index (Phi) is 3.74. The summed E-state index contributed by atoms with van der Waals surface area (Å²) in [6.45, 7) is 6.50. The van der Waals surface area contributed by atoms with Crippen molar-refractivity contribution in [3.8, 4) is 5.88 Å². The van der Waals surface area contributed by atoms with Gasteiger partial charge in [-0.25, -0.2) is 4.98 Å². The Morgan fingerprint density at radius 2 is 2.12 bits per heavy atom. The zero-order valence-corrected chi connectivity index (χ0v) is 9.94. The van der Waals surface area contributed by atoms with E-state index in [9.17, 15) is 0 Å². The van der Waals surface area contributed by atoms with Crippen molar-refractivity contribution in [2.24, 2.45) is 0 Å². The second-order valence-corrected chi connectivity index (χ2v) is 4.07. The number of nitrogens with one attached hydrogen (secondary N) is 1. The highest BCUT2D eigenvalue weighted by molar-refractivity contribution is 5.18. The molecule has 1 fully saturated rings. The third-order valence-electron chi connectivity index (χ3n) is 3.08. The molecule has 0 aromatic carbocycles. The van der Waals surface area contributed by atoms with Crippen molar-refractivity contribution < 1.29 is 4.74 Å². The molecule has 1 N–H and O–H groups in total. The molecule has 2 rings (SSSR count). The topological polar surface area (TPSA) is 37.4 Å². The van der Waals surface area contributed by atoms with Gasteiger partial charge in [0.2, 0.25) is 5.88 Å². The van der Waals surface area contributed by atoms with Crippen molar-refractivity contribution in [1.82, 2.24) is 15.2 Å². The number of hydrogen-bond donors (Lipinski definition) is 1. The Labute approximate surface area is 96.6 Å².